The molecule has 2 aliphatic rings. The Labute approximate surface area is 283 Å². The number of nitrogens with zero attached hydrogens (tertiary/aromatic N) is 5. The third-order valence-electron chi connectivity index (χ3n) is 10.3. The zero-order chi connectivity index (χ0) is 33.9. The molecular formula is C40H60N6O. The summed E-state index contributed by atoms with van der Waals surface area (Å²) in [5.41, 5.74) is 6.70. The van der Waals surface area contributed by atoms with E-state index in [2.05, 4.69) is 80.3 Å². The fourth-order valence-electron chi connectivity index (χ4n) is 7.56. The summed E-state index contributed by atoms with van der Waals surface area (Å²) in [6.45, 7) is 17.3. The Morgan fingerprint density at radius 2 is 1.19 bits per heavy atom. The number of benzene rings is 2. The highest BCUT2D eigenvalue weighted by Gasteiger charge is 2.27. The van der Waals surface area contributed by atoms with E-state index in [0.717, 1.165) is 53.2 Å². The molecule has 7 heteroatoms. The fourth-order valence-corrected chi connectivity index (χ4v) is 7.56. The molecule has 0 aliphatic heterocycles. The maximum atomic E-state index is 11.7. The lowest BCUT2D eigenvalue weighted by molar-refractivity contribution is -0.116. The number of rotatable bonds is 6. The number of fused-ring (bicyclic) bond motifs is 2. The molecule has 7 nitrogen and oxygen atoms in total. The summed E-state index contributed by atoms with van der Waals surface area (Å²) < 4.78 is 4.92. The van der Waals surface area contributed by atoms with Gasteiger partial charge in [0.2, 0.25) is 5.91 Å². The third kappa shape index (κ3) is 8.21. The Morgan fingerprint density at radius 3 is 1.62 bits per heavy atom. The number of amides is 1. The van der Waals surface area contributed by atoms with Gasteiger partial charge in [0.15, 0.2) is 0 Å². The van der Waals surface area contributed by atoms with Gasteiger partial charge in [0.1, 0.15) is 11.6 Å². The molecule has 0 radical (unpaired) electrons. The molecule has 6 rings (SSSR count). The van der Waals surface area contributed by atoms with Crippen molar-refractivity contribution in [2.45, 2.75) is 137 Å². The smallest absolute Gasteiger partial charge is 0.223 e. The molecule has 256 valence electrons. The van der Waals surface area contributed by atoms with Crippen LogP contribution in [0.5, 0.6) is 0 Å². The van der Waals surface area contributed by atoms with Gasteiger partial charge in [0, 0.05) is 56.3 Å². The zero-order valence-electron chi connectivity index (χ0n) is 30.7. The molecule has 2 fully saturated rings. The van der Waals surface area contributed by atoms with Gasteiger partial charge in [-0.3, -0.25) is 4.79 Å². The lowest BCUT2D eigenvalue weighted by Gasteiger charge is -2.26. The number of aromatic nitrogens is 4. The van der Waals surface area contributed by atoms with Gasteiger partial charge in [0.25, 0.3) is 0 Å². The van der Waals surface area contributed by atoms with E-state index in [9.17, 15) is 4.79 Å². The van der Waals surface area contributed by atoms with Crippen LogP contribution in [0.4, 0.5) is 11.4 Å². The normalized spacial score (nSPS) is 16.7. The summed E-state index contributed by atoms with van der Waals surface area (Å²) in [5, 5.41) is 3.22. The largest absolute Gasteiger partial charge is 0.388 e. The second-order valence-electron chi connectivity index (χ2n) is 16.3. The summed E-state index contributed by atoms with van der Waals surface area (Å²) in [6, 6.07) is 12.8. The van der Waals surface area contributed by atoms with Crippen LogP contribution in [0.3, 0.4) is 0 Å². The van der Waals surface area contributed by atoms with Gasteiger partial charge in [-0.05, 0) is 73.9 Å². The quantitative estimate of drug-likeness (QED) is 0.228. The minimum absolute atomic E-state index is 0.000325. The van der Waals surface area contributed by atoms with Crippen LogP contribution in [-0.4, -0.2) is 39.1 Å². The Bertz CT molecular complexity index is 1650. The van der Waals surface area contributed by atoms with Gasteiger partial charge in [-0.15, -0.1) is 0 Å². The molecule has 0 atom stereocenters. The molecule has 1 amide bonds. The van der Waals surface area contributed by atoms with E-state index < -0.39 is 0 Å². The highest BCUT2D eigenvalue weighted by Crippen LogP contribution is 2.34. The van der Waals surface area contributed by atoms with Crippen molar-refractivity contribution in [3.05, 3.63) is 48.0 Å². The van der Waals surface area contributed by atoms with Crippen LogP contribution in [0.15, 0.2) is 36.4 Å². The predicted molar refractivity (Wildman–Crippen MR) is 199 cm³/mol. The monoisotopic (exact) mass is 640 g/mol. The van der Waals surface area contributed by atoms with Gasteiger partial charge in [-0.25, -0.2) is 9.97 Å². The Morgan fingerprint density at radius 1 is 0.745 bits per heavy atom. The molecule has 2 aromatic heterocycles. The first-order valence-electron chi connectivity index (χ1n) is 18.2. The minimum Gasteiger partial charge on any atom is -0.388 e. The van der Waals surface area contributed by atoms with E-state index in [1.54, 1.807) is 11.8 Å². The third-order valence-corrected chi connectivity index (χ3v) is 10.3. The zero-order valence-corrected chi connectivity index (χ0v) is 30.7. The van der Waals surface area contributed by atoms with Crippen molar-refractivity contribution in [2.24, 2.45) is 11.8 Å². The van der Waals surface area contributed by atoms with Crippen LogP contribution in [0.25, 0.3) is 22.1 Å². The first kappa shape index (κ1) is 35.0. The van der Waals surface area contributed by atoms with Crippen LogP contribution in [0.2, 0.25) is 0 Å². The molecule has 2 aromatic carbocycles. The summed E-state index contributed by atoms with van der Waals surface area (Å²) in [4.78, 5) is 23.3. The Balaban J connectivity index is 0.000000186. The molecule has 4 aromatic rings. The van der Waals surface area contributed by atoms with Gasteiger partial charge < -0.3 is 19.4 Å². The fraction of sp³-hybridized carbons (Fsp3) is 0.625. The van der Waals surface area contributed by atoms with Gasteiger partial charge in [0.05, 0.1) is 22.1 Å². The minimum atomic E-state index is 0.000325. The summed E-state index contributed by atoms with van der Waals surface area (Å²) in [5.74, 6) is 3.98. The van der Waals surface area contributed by atoms with Crippen LogP contribution < -0.4 is 10.2 Å². The van der Waals surface area contributed by atoms with E-state index >= 15 is 0 Å². The lowest BCUT2D eigenvalue weighted by atomic mass is 9.88. The van der Waals surface area contributed by atoms with E-state index in [0.29, 0.717) is 0 Å². The van der Waals surface area contributed by atoms with E-state index in [1.807, 2.05) is 26.2 Å². The molecule has 0 spiro atoms. The molecule has 0 bridgehead atoms. The van der Waals surface area contributed by atoms with E-state index in [1.165, 1.54) is 81.1 Å². The van der Waals surface area contributed by atoms with Crippen LogP contribution in [-0.2, 0) is 28.7 Å². The molecule has 47 heavy (non-hydrogen) atoms. The topological polar surface area (TPSA) is 68.0 Å². The van der Waals surface area contributed by atoms with Gasteiger partial charge >= 0.3 is 0 Å². The van der Waals surface area contributed by atoms with Crippen molar-refractivity contribution in [3.8, 4) is 0 Å². The van der Waals surface area contributed by atoms with Gasteiger partial charge in [-0.2, -0.15) is 0 Å². The highest BCUT2D eigenvalue weighted by atomic mass is 16.2. The number of carbonyl (C=O) groups excluding carboxylic acids is 1. The van der Waals surface area contributed by atoms with Crippen molar-refractivity contribution in [2.75, 3.05) is 24.3 Å². The number of nitrogens with one attached hydrogen (secondary N) is 1. The highest BCUT2D eigenvalue weighted by molar-refractivity contribution is 5.93. The number of hydrogen-bond acceptors (Lipinski definition) is 4. The molecule has 2 heterocycles. The molecule has 2 saturated carbocycles. The van der Waals surface area contributed by atoms with E-state index in [4.69, 9.17) is 9.97 Å². The molecule has 0 unspecified atom stereocenters. The van der Waals surface area contributed by atoms with Crippen molar-refractivity contribution < 1.29 is 4.79 Å². The van der Waals surface area contributed by atoms with Crippen LogP contribution in [0.1, 0.15) is 124 Å². The van der Waals surface area contributed by atoms with Crippen LogP contribution >= 0.6 is 0 Å². The van der Waals surface area contributed by atoms with Crippen molar-refractivity contribution in [1.82, 2.24) is 19.1 Å². The maximum absolute atomic E-state index is 11.7. The Hall–Kier alpha value is -3.35. The average Bonchev–Trinajstić information content (AvgIpc) is 3.60. The summed E-state index contributed by atoms with van der Waals surface area (Å²) in [7, 11) is 3.78. The van der Waals surface area contributed by atoms with Gasteiger partial charge in [-0.1, -0.05) is 80.1 Å². The summed E-state index contributed by atoms with van der Waals surface area (Å²) in [6.07, 6.45) is 13.7. The number of imidazole rings is 2. The number of carbonyl (C=O) groups is 1. The van der Waals surface area contributed by atoms with Crippen LogP contribution in [0, 0.1) is 11.8 Å². The number of hydrogen-bond donors (Lipinski definition) is 1. The molecule has 1 N–H and O–H groups in total. The van der Waals surface area contributed by atoms with E-state index in [-0.39, 0.29) is 16.7 Å². The Kier molecular flexibility index (Phi) is 10.7. The molecule has 2 aliphatic carbocycles. The second-order valence-corrected chi connectivity index (χ2v) is 16.3. The molecular weight excluding hydrogens is 580 g/mol. The van der Waals surface area contributed by atoms with Crippen molar-refractivity contribution in [3.63, 3.8) is 0 Å². The maximum Gasteiger partial charge on any atom is 0.223 e. The van der Waals surface area contributed by atoms with Crippen molar-refractivity contribution in [1.29, 1.82) is 0 Å². The first-order valence-corrected chi connectivity index (χ1v) is 18.2. The summed E-state index contributed by atoms with van der Waals surface area (Å²) >= 11 is 0. The first-order chi connectivity index (χ1) is 22.3. The number of anilines is 2. The molecule has 0 saturated heterocycles. The standard InChI is InChI=1S/C21H31N3O.C19H29N3/c1-15(25)23(5)17-11-12-19-18(13-17)22-20(21(2,3)4)24(19)14-16-9-7-6-8-10-16;1-19(2,3)18-21-16-12-15(20-4)10-11-17(16)22(18)13-14-8-6-5-7-9-14/h11-13,16H,6-10,14H2,1-5H3;10-12,14,20H,5-9,13H2,1-4H3. The lowest BCUT2D eigenvalue weighted by Crippen LogP contribution is -2.23. The predicted octanol–water partition coefficient (Wildman–Crippen LogP) is 9.85. The SMILES string of the molecule is CC(=O)N(C)c1ccc2c(c1)nc(C(C)(C)C)n2CC1CCCCC1.CNc1ccc2c(c1)nc(C(C)(C)C)n2CC1CCCCC1. The average molecular weight is 641 g/mol. The second kappa shape index (κ2) is 14.4. The van der Waals surface area contributed by atoms with Crippen molar-refractivity contribution >= 4 is 39.3 Å².